The fourth-order valence-electron chi connectivity index (χ4n) is 3.24. The van der Waals surface area contributed by atoms with Crippen molar-refractivity contribution in [2.75, 3.05) is 5.32 Å². The first kappa shape index (κ1) is 12.5. The summed E-state index contributed by atoms with van der Waals surface area (Å²) in [5.41, 5.74) is 2.23. The third-order valence-electron chi connectivity index (χ3n) is 4.37. The number of benzene rings is 1. The number of rotatable bonds is 2. The second-order valence-electron chi connectivity index (χ2n) is 6.06. The minimum absolute atomic E-state index is 0.596. The van der Waals surface area contributed by atoms with E-state index in [9.17, 15) is 0 Å². The van der Waals surface area contributed by atoms with Crippen molar-refractivity contribution in [1.29, 1.82) is 0 Å². The maximum Gasteiger partial charge on any atom is 0.0703 e. The van der Waals surface area contributed by atoms with E-state index in [4.69, 9.17) is 0 Å². The van der Waals surface area contributed by atoms with Crippen LogP contribution >= 0.6 is 0 Å². The van der Waals surface area contributed by atoms with Crippen LogP contribution in [0.1, 0.15) is 33.1 Å². The molecule has 0 bridgehead atoms. The SMILES string of the molecule is CC1CCC(Nc2cnc3ccccc3c2)C(C)C1. The Hall–Kier alpha value is -1.57. The zero-order chi connectivity index (χ0) is 13.2. The van der Waals surface area contributed by atoms with Crippen molar-refractivity contribution in [3.63, 3.8) is 0 Å². The molecule has 2 nitrogen and oxygen atoms in total. The zero-order valence-electron chi connectivity index (χ0n) is 11.8. The Morgan fingerprint density at radius 1 is 1.16 bits per heavy atom. The van der Waals surface area contributed by atoms with Gasteiger partial charge in [0.1, 0.15) is 0 Å². The van der Waals surface area contributed by atoms with E-state index < -0.39 is 0 Å². The summed E-state index contributed by atoms with van der Waals surface area (Å²) < 4.78 is 0. The molecule has 0 aliphatic heterocycles. The molecule has 0 amide bonds. The van der Waals surface area contributed by atoms with E-state index in [2.05, 4.69) is 48.4 Å². The van der Waals surface area contributed by atoms with E-state index in [1.54, 1.807) is 0 Å². The van der Waals surface area contributed by atoms with Crippen LogP contribution in [0.15, 0.2) is 36.5 Å². The zero-order valence-corrected chi connectivity index (χ0v) is 11.8. The first-order valence-corrected chi connectivity index (χ1v) is 7.33. The summed E-state index contributed by atoms with van der Waals surface area (Å²) >= 11 is 0. The number of fused-ring (bicyclic) bond motifs is 1. The van der Waals surface area contributed by atoms with Gasteiger partial charge in [-0.05, 0) is 43.2 Å². The first-order chi connectivity index (χ1) is 9.22. The van der Waals surface area contributed by atoms with Crippen molar-refractivity contribution >= 4 is 16.6 Å². The third kappa shape index (κ3) is 2.73. The van der Waals surface area contributed by atoms with Crippen molar-refractivity contribution in [3.05, 3.63) is 36.5 Å². The largest absolute Gasteiger partial charge is 0.381 e. The van der Waals surface area contributed by atoms with Gasteiger partial charge in [0, 0.05) is 11.4 Å². The predicted molar refractivity (Wildman–Crippen MR) is 81.3 cm³/mol. The Balaban J connectivity index is 1.77. The lowest BCUT2D eigenvalue weighted by molar-refractivity contribution is 0.276. The summed E-state index contributed by atoms with van der Waals surface area (Å²) in [7, 11) is 0. The molecule has 2 heteroatoms. The predicted octanol–water partition coefficient (Wildman–Crippen LogP) is 4.47. The van der Waals surface area contributed by atoms with Gasteiger partial charge in [-0.2, -0.15) is 0 Å². The number of anilines is 1. The molecule has 3 rings (SSSR count). The van der Waals surface area contributed by atoms with Crippen LogP contribution in [0.3, 0.4) is 0 Å². The molecule has 19 heavy (non-hydrogen) atoms. The summed E-state index contributed by atoms with van der Waals surface area (Å²) in [6, 6.07) is 11.1. The molecule has 1 fully saturated rings. The van der Waals surface area contributed by atoms with Crippen molar-refractivity contribution < 1.29 is 0 Å². The van der Waals surface area contributed by atoms with Crippen LogP contribution in [-0.4, -0.2) is 11.0 Å². The maximum absolute atomic E-state index is 4.52. The average molecular weight is 254 g/mol. The van der Waals surface area contributed by atoms with Crippen molar-refractivity contribution in [2.24, 2.45) is 11.8 Å². The van der Waals surface area contributed by atoms with Crippen molar-refractivity contribution in [2.45, 2.75) is 39.2 Å². The van der Waals surface area contributed by atoms with Gasteiger partial charge in [-0.1, -0.05) is 32.0 Å². The molecule has 0 saturated heterocycles. The van der Waals surface area contributed by atoms with Gasteiger partial charge in [-0.15, -0.1) is 0 Å². The van der Waals surface area contributed by atoms with Gasteiger partial charge in [0.25, 0.3) is 0 Å². The molecular weight excluding hydrogens is 232 g/mol. The van der Waals surface area contributed by atoms with Gasteiger partial charge in [0.2, 0.25) is 0 Å². The Labute approximate surface area is 115 Å². The minimum Gasteiger partial charge on any atom is -0.381 e. The van der Waals surface area contributed by atoms with Gasteiger partial charge in [0.05, 0.1) is 17.4 Å². The molecule has 1 N–H and O–H groups in total. The second kappa shape index (κ2) is 5.20. The van der Waals surface area contributed by atoms with Gasteiger partial charge in [-0.25, -0.2) is 0 Å². The molecule has 1 aromatic heterocycles. The molecule has 3 atom stereocenters. The molecule has 2 aromatic rings. The van der Waals surface area contributed by atoms with E-state index in [-0.39, 0.29) is 0 Å². The Kier molecular flexibility index (Phi) is 3.41. The molecule has 1 heterocycles. The highest BCUT2D eigenvalue weighted by molar-refractivity contribution is 5.81. The monoisotopic (exact) mass is 254 g/mol. The minimum atomic E-state index is 0.596. The van der Waals surface area contributed by atoms with E-state index in [1.807, 2.05) is 12.3 Å². The van der Waals surface area contributed by atoms with Crippen LogP contribution in [0.25, 0.3) is 10.9 Å². The van der Waals surface area contributed by atoms with Crippen LogP contribution in [0.5, 0.6) is 0 Å². The van der Waals surface area contributed by atoms with E-state index >= 15 is 0 Å². The molecule has 1 aromatic carbocycles. The molecule has 1 aliphatic rings. The first-order valence-electron chi connectivity index (χ1n) is 7.33. The molecule has 3 unspecified atom stereocenters. The molecule has 0 radical (unpaired) electrons. The van der Waals surface area contributed by atoms with Crippen molar-refractivity contribution in [1.82, 2.24) is 4.98 Å². The lowest BCUT2D eigenvalue weighted by Crippen LogP contribution is -2.33. The van der Waals surface area contributed by atoms with Crippen LogP contribution < -0.4 is 5.32 Å². The molecule has 1 saturated carbocycles. The highest BCUT2D eigenvalue weighted by Crippen LogP contribution is 2.31. The topological polar surface area (TPSA) is 24.9 Å². The van der Waals surface area contributed by atoms with E-state index in [0.717, 1.165) is 23.0 Å². The smallest absolute Gasteiger partial charge is 0.0703 e. The highest BCUT2D eigenvalue weighted by Gasteiger charge is 2.25. The van der Waals surface area contributed by atoms with Gasteiger partial charge >= 0.3 is 0 Å². The highest BCUT2D eigenvalue weighted by atomic mass is 14.9. The third-order valence-corrected chi connectivity index (χ3v) is 4.37. The molecule has 0 spiro atoms. The fourth-order valence-corrected chi connectivity index (χ4v) is 3.24. The standard InChI is InChI=1S/C17H22N2/c1-12-7-8-16(13(2)9-12)19-15-10-14-5-3-4-6-17(14)18-11-15/h3-6,10-13,16,19H,7-9H2,1-2H3. The van der Waals surface area contributed by atoms with Gasteiger partial charge in [-0.3, -0.25) is 4.98 Å². The average Bonchev–Trinajstić information content (AvgIpc) is 2.42. The molecule has 100 valence electrons. The quantitative estimate of drug-likeness (QED) is 0.855. The lowest BCUT2D eigenvalue weighted by atomic mass is 9.80. The summed E-state index contributed by atoms with van der Waals surface area (Å²) in [5.74, 6) is 1.62. The number of hydrogen-bond donors (Lipinski definition) is 1. The van der Waals surface area contributed by atoms with Gasteiger partial charge in [0.15, 0.2) is 0 Å². The Morgan fingerprint density at radius 3 is 2.84 bits per heavy atom. The number of pyridine rings is 1. The number of para-hydroxylation sites is 1. The second-order valence-corrected chi connectivity index (χ2v) is 6.06. The summed E-state index contributed by atoms with van der Waals surface area (Å²) in [4.78, 5) is 4.52. The summed E-state index contributed by atoms with van der Waals surface area (Å²) in [5, 5.41) is 4.89. The van der Waals surface area contributed by atoms with Crippen LogP contribution in [0.2, 0.25) is 0 Å². The van der Waals surface area contributed by atoms with Crippen LogP contribution in [-0.2, 0) is 0 Å². The lowest BCUT2D eigenvalue weighted by Gasteiger charge is -2.33. The fraction of sp³-hybridized carbons (Fsp3) is 0.471. The summed E-state index contributed by atoms with van der Waals surface area (Å²) in [6.07, 6.45) is 5.91. The van der Waals surface area contributed by atoms with Gasteiger partial charge < -0.3 is 5.32 Å². The Morgan fingerprint density at radius 2 is 2.00 bits per heavy atom. The van der Waals surface area contributed by atoms with Crippen LogP contribution in [0, 0.1) is 11.8 Å². The summed E-state index contributed by atoms with van der Waals surface area (Å²) in [6.45, 7) is 4.73. The number of hydrogen-bond acceptors (Lipinski definition) is 2. The number of nitrogens with zero attached hydrogens (tertiary/aromatic N) is 1. The van der Waals surface area contributed by atoms with Crippen molar-refractivity contribution in [3.8, 4) is 0 Å². The van der Waals surface area contributed by atoms with E-state index in [0.29, 0.717) is 6.04 Å². The molecular formula is C17H22N2. The Bertz CT molecular complexity index is 564. The number of aromatic nitrogens is 1. The number of nitrogens with one attached hydrogen (secondary N) is 1. The molecule has 1 aliphatic carbocycles. The normalized spacial score (nSPS) is 27.4. The van der Waals surface area contributed by atoms with E-state index in [1.165, 1.54) is 24.6 Å². The maximum atomic E-state index is 4.52. The van der Waals surface area contributed by atoms with Crippen LogP contribution in [0.4, 0.5) is 5.69 Å².